The standard InChI is InChI=1S/C17H24N2O2/c1-14-16(19(20)13-15-6-4-3-5-7-15)12-17(21-14)8-10-18(2)11-9-17/h3-7,14H,8-13H2,1-2H3/b19-16-. The number of likely N-dealkylation sites (tertiary alicyclic amines) is 1. The number of rotatable bonds is 2. The minimum atomic E-state index is -0.0966. The minimum Gasteiger partial charge on any atom is -0.624 e. The fraction of sp³-hybridized carbons (Fsp3) is 0.588. The molecule has 0 saturated carbocycles. The second-order valence-corrected chi connectivity index (χ2v) is 6.44. The highest BCUT2D eigenvalue weighted by molar-refractivity contribution is 5.87. The molecule has 1 unspecified atom stereocenters. The van der Waals surface area contributed by atoms with Gasteiger partial charge in [0.25, 0.3) is 0 Å². The van der Waals surface area contributed by atoms with Gasteiger partial charge in [0.05, 0.1) is 12.0 Å². The molecule has 0 aromatic heterocycles. The summed E-state index contributed by atoms with van der Waals surface area (Å²) < 4.78 is 7.35. The van der Waals surface area contributed by atoms with E-state index in [0.717, 1.165) is 48.4 Å². The number of hydrogen-bond acceptors (Lipinski definition) is 3. The maximum Gasteiger partial charge on any atom is 0.195 e. The van der Waals surface area contributed by atoms with Gasteiger partial charge in [-0.05, 0) is 26.8 Å². The van der Waals surface area contributed by atoms with E-state index in [9.17, 15) is 5.21 Å². The lowest BCUT2D eigenvalue weighted by Crippen LogP contribution is -2.42. The molecule has 4 heteroatoms. The normalized spacial score (nSPS) is 28.0. The van der Waals surface area contributed by atoms with E-state index in [1.165, 1.54) is 0 Å². The smallest absolute Gasteiger partial charge is 0.195 e. The number of hydrogen-bond donors (Lipinski definition) is 0. The summed E-state index contributed by atoms with van der Waals surface area (Å²) in [6, 6.07) is 9.91. The average molecular weight is 288 g/mol. The van der Waals surface area contributed by atoms with Crippen LogP contribution in [0.15, 0.2) is 30.3 Å². The zero-order valence-corrected chi connectivity index (χ0v) is 12.9. The summed E-state index contributed by atoms with van der Waals surface area (Å²) in [5, 5.41) is 12.5. The predicted octanol–water partition coefficient (Wildman–Crippen LogP) is 2.41. The van der Waals surface area contributed by atoms with Gasteiger partial charge >= 0.3 is 0 Å². The van der Waals surface area contributed by atoms with Crippen molar-refractivity contribution in [3.05, 3.63) is 41.1 Å². The first-order valence-electron chi connectivity index (χ1n) is 7.79. The molecular formula is C17H24N2O2. The summed E-state index contributed by atoms with van der Waals surface area (Å²) >= 11 is 0. The number of benzene rings is 1. The lowest BCUT2D eigenvalue weighted by Gasteiger charge is -2.36. The Hall–Kier alpha value is -1.39. The molecule has 0 bridgehead atoms. The van der Waals surface area contributed by atoms with E-state index >= 15 is 0 Å². The van der Waals surface area contributed by atoms with Crippen molar-refractivity contribution in [3.63, 3.8) is 0 Å². The van der Waals surface area contributed by atoms with E-state index in [0.29, 0.717) is 6.54 Å². The Kier molecular flexibility index (Phi) is 4.00. The molecule has 2 saturated heterocycles. The molecule has 0 aliphatic carbocycles. The Morgan fingerprint density at radius 3 is 2.62 bits per heavy atom. The molecule has 1 atom stereocenters. The van der Waals surface area contributed by atoms with Crippen molar-refractivity contribution in [2.45, 2.75) is 44.4 Å². The van der Waals surface area contributed by atoms with Crippen molar-refractivity contribution < 1.29 is 9.48 Å². The van der Waals surface area contributed by atoms with Crippen LogP contribution in [0, 0.1) is 5.21 Å². The molecule has 1 aromatic carbocycles. The third-order valence-corrected chi connectivity index (χ3v) is 4.79. The summed E-state index contributed by atoms with van der Waals surface area (Å²) in [6.45, 7) is 4.53. The largest absolute Gasteiger partial charge is 0.624 e. The van der Waals surface area contributed by atoms with Gasteiger partial charge in [0, 0.05) is 18.7 Å². The van der Waals surface area contributed by atoms with Crippen LogP contribution in [0.3, 0.4) is 0 Å². The van der Waals surface area contributed by atoms with Gasteiger partial charge in [-0.3, -0.25) is 0 Å². The van der Waals surface area contributed by atoms with Crippen molar-refractivity contribution in [2.75, 3.05) is 20.1 Å². The zero-order chi connectivity index (χ0) is 14.9. The van der Waals surface area contributed by atoms with Crippen LogP contribution in [0.25, 0.3) is 0 Å². The summed E-state index contributed by atoms with van der Waals surface area (Å²) in [7, 11) is 2.14. The molecule has 2 aliphatic rings. The predicted molar refractivity (Wildman–Crippen MR) is 83.4 cm³/mol. The van der Waals surface area contributed by atoms with E-state index in [4.69, 9.17) is 4.74 Å². The van der Waals surface area contributed by atoms with E-state index in [1.54, 1.807) is 0 Å². The highest BCUT2D eigenvalue weighted by Crippen LogP contribution is 2.37. The van der Waals surface area contributed by atoms with Gasteiger partial charge in [0.1, 0.15) is 6.10 Å². The molecular weight excluding hydrogens is 264 g/mol. The second-order valence-electron chi connectivity index (χ2n) is 6.44. The first-order chi connectivity index (χ1) is 10.1. The maximum absolute atomic E-state index is 12.5. The third-order valence-electron chi connectivity index (χ3n) is 4.79. The lowest BCUT2D eigenvalue weighted by molar-refractivity contribution is -0.477. The quantitative estimate of drug-likeness (QED) is 0.476. The fourth-order valence-corrected chi connectivity index (χ4v) is 3.42. The SMILES string of the molecule is CC1OC2(CCN(C)CC2)C/C1=[N+](/[O-])Cc1ccccc1. The van der Waals surface area contributed by atoms with Crippen LogP contribution in [0.1, 0.15) is 31.7 Å². The van der Waals surface area contributed by atoms with Gasteiger partial charge < -0.3 is 14.8 Å². The Bertz CT molecular complexity index is 519. The number of hydroxylamine groups is 1. The van der Waals surface area contributed by atoms with Crippen molar-refractivity contribution in [3.8, 4) is 0 Å². The first kappa shape index (κ1) is 14.5. The molecule has 0 amide bonds. The topological polar surface area (TPSA) is 38.5 Å². The average Bonchev–Trinajstić information content (AvgIpc) is 2.81. The summed E-state index contributed by atoms with van der Waals surface area (Å²) in [4.78, 5) is 2.33. The molecule has 2 aliphatic heterocycles. The van der Waals surface area contributed by atoms with Gasteiger partial charge in [-0.15, -0.1) is 0 Å². The number of piperidine rings is 1. The van der Waals surface area contributed by atoms with E-state index in [-0.39, 0.29) is 11.7 Å². The molecule has 0 N–H and O–H groups in total. The zero-order valence-electron chi connectivity index (χ0n) is 12.9. The summed E-state index contributed by atoms with van der Waals surface area (Å²) in [5.74, 6) is 0. The Balaban J connectivity index is 1.74. The Morgan fingerprint density at radius 1 is 1.29 bits per heavy atom. The lowest BCUT2D eigenvalue weighted by atomic mass is 9.88. The molecule has 1 spiro atoms. The monoisotopic (exact) mass is 288 g/mol. The van der Waals surface area contributed by atoms with Crippen molar-refractivity contribution >= 4 is 5.71 Å². The molecule has 0 radical (unpaired) electrons. The van der Waals surface area contributed by atoms with E-state index in [1.807, 2.05) is 37.3 Å². The van der Waals surface area contributed by atoms with Crippen molar-refractivity contribution in [1.29, 1.82) is 0 Å². The van der Waals surface area contributed by atoms with E-state index < -0.39 is 0 Å². The van der Waals surface area contributed by atoms with Gasteiger partial charge in [0.2, 0.25) is 0 Å². The highest BCUT2D eigenvalue weighted by atomic mass is 16.5. The molecule has 2 fully saturated rings. The van der Waals surface area contributed by atoms with Crippen LogP contribution in [0.4, 0.5) is 0 Å². The van der Waals surface area contributed by atoms with Gasteiger partial charge in [0.15, 0.2) is 12.3 Å². The minimum absolute atomic E-state index is 0.0605. The van der Waals surface area contributed by atoms with Gasteiger partial charge in [-0.2, -0.15) is 0 Å². The van der Waals surface area contributed by atoms with Crippen LogP contribution in [0.5, 0.6) is 0 Å². The third kappa shape index (κ3) is 3.11. The molecule has 4 nitrogen and oxygen atoms in total. The molecule has 2 heterocycles. The van der Waals surface area contributed by atoms with Gasteiger partial charge in [-0.25, -0.2) is 4.74 Å². The van der Waals surface area contributed by atoms with Crippen LogP contribution in [-0.4, -0.2) is 47.2 Å². The van der Waals surface area contributed by atoms with Crippen LogP contribution in [-0.2, 0) is 11.3 Å². The van der Waals surface area contributed by atoms with Crippen molar-refractivity contribution in [1.82, 2.24) is 4.90 Å². The molecule has 21 heavy (non-hydrogen) atoms. The maximum atomic E-state index is 12.5. The van der Waals surface area contributed by atoms with Gasteiger partial charge in [-0.1, -0.05) is 30.3 Å². The van der Waals surface area contributed by atoms with Crippen LogP contribution >= 0.6 is 0 Å². The van der Waals surface area contributed by atoms with Crippen LogP contribution < -0.4 is 0 Å². The first-order valence-corrected chi connectivity index (χ1v) is 7.79. The number of ether oxygens (including phenoxy) is 1. The Morgan fingerprint density at radius 2 is 1.95 bits per heavy atom. The fourth-order valence-electron chi connectivity index (χ4n) is 3.42. The Labute approximate surface area is 126 Å². The summed E-state index contributed by atoms with van der Waals surface area (Å²) in [5.41, 5.74) is 1.86. The summed E-state index contributed by atoms with van der Waals surface area (Å²) in [6.07, 6.45) is 2.78. The van der Waals surface area contributed by atoms with Crippen LogP contribution in [0.2, 0.25) is 0 Å². The number of nitrogens with zero attached hydrogens (tertiary/aromatic N) is 2. The molecule has 3 rings (SSSR count). The molecule has 114 valence electrons. The van der Waals surface area contributed by atoms with E-state index in [2.05, 4.69) is 11.9 Å². The molecule has 1 aromatic rings. The second kappa shape index (κ2) is 5.78. The highest BCUT2D eigenvalue weighted by Gasteiger charge is 2.47. The van der Waals surface area contributed by atoms with Crippen molar-refractivity contribution in [2.24, 2.45) is 0 Å².